The Hall–Kier alpha value is -0.590. The molecule has 1 fully saturated rings. The van der Waals surface area contributed by atoms with Gasteiger partial charge < -0.3 is 9.84 Å². The zero-order valence-electron chi connectivity index (χ0n) is 6.87. The van der Waals surface area contributed by atoms with Gasteiger partial charge in [0.05, 0.1) is 18.3 Å². The van der Waals surface area contributed by atoms with Gasteiger partial charge in [0, 0.05) is 12.8 Å². The van der Waals surface area contributed by atoms with Crippen LogP contribution < -0.4 is 0 Å². The van der Waals surface area contributed by atoms with Gasteiger partial charge in [-0.25, -0.2) is 0 Å². The first-order valence-corrected chi connectivity index (χ1v) is 3.85. The average Bonchev–Trinajstić information content (AvgIpc) is 1.84. The van der Waals surface area contributed by atoms with Gasteiger partial charge in [0.25, 0.3) is 0 Å². The molecule has 2 atom stereocenters. The Kier molecular flexibility index (Phi) is 2.17. The van der Waals surface area contributed by atoms with E-state index in [1.807, 2.05) is 19.9 Å². The molecular formula is C8H13NO2. The second kappa shape index (κ2) is 2.80. The number of nitrogens with zero attached hydrogens (tertiary/aromatic N) is 1. The lowest BCUT2D eigenvalue weighted by Gasteiger charge is -2.34. The zero-order valence-corrected chi connectivity index (χ0v) is 6.87. The minimum atomic E-state index is -1.16. The second-order valence-corrected chi connectivity index (χ2v) is 3.31. The maximum Gasteiger partial charge on any atom is 0.155 e. The lowest BCUT2D eigenvalue weighted by molar-refractivity contribution is -0.107. The fourth-order valence-electron chi connectivity index (χ4n) is 1.62. The summed E-state index contributed by atoms with van der Waals surface area (Å²) in [5.41, 5.74) is -1.16. The molecule has 0 aromatic rings. The van der Waals surface area contributed by atoms with E-state index in [9.17, 15) is 5.11 Å². The average molecular weight is 155 g/mol. The van der Waals surface area contributed by atoms with Gasteiger partial charge in [-0.2, -0.15) is 5.26 Å². The molecule has 0 radical (unpaired) electrons. The van der Waals surface area contributed by atoms with Gasteiger partial charge in [-0.15, -0.1) is 0 Å². The van der Waals surface area contributed by atoms with Crippen molar-refractivity contribution >= 4 is 0 Å². The van der Waals surface area contributed by atoms with Crippen LogP contribution in [-0.2, 0) is 4.74 Å². The van der Waals surface area contributed by atoms with E-state index in [1.165, 1.54) is 0 Å². The van der Waals surface area contributed by atoms with Gasteiger partial charge in [0.15, 0.2) is 5.60 Å². The van der Waals surface area contributed by atoms with Gasteiger partial charge in [-0.3, -0.25) is 0 Å². The van der Waals surface area contributed by atoms with Crippen molar-refractivity contribution in [2.75, 3.05) is 0 Å². The highest BCUT2D eigenvalue weighted by Gasteiger charge is 2.36. The van der Waals surface area contributed by atoms with Crippen molar-refractivity contribution in [3.05, 3.63) is 0 Å². The lowest BCUT2D eigenvalue weighted by Crippen LogP contribution is -2.42. The van der Waals surface area contributed by atoms with E-state index in [0.29, 0.717) is 12.8 Å². The molecule has 1 aliphatic heterocycles. The van der Waals surface area contributed by atoms with Crippen LogP contribution in [-0.4, -0.2) is 22.9 Å². The molecule has 3 nitrogen and oxygen atoms in total. The normalized spacial score (nSPS) is 44.9. The molecule has 0 aliphatic carbocycles. The van der Waals surface area contributed by atoms with Crippen molar-refractivity contribution < 1.29 is 9.84 Å². The van der Waals surface area contributed by atoms with Crippen molar-refractivity contribution in [2.45, 2.75) is 44.5 Å². The third-order valence-corrected chi connectivity index (χ3v) is 1.92. The topological polar surface area (TPSA) is 53.2 Å². The van der Waals surface area contributed by atoms with Crippen molar-refractivity contribution in [1.29, 1.82) is 5.26 Å². The van der Waals surface area contributed by atoms with E-state index < -0.39 is 5.60 Å². The molecule has 1 rings (SSSR count). The Morgan fingerprint density at radius 1 is 1.45 bits per heavy atom. The van der Waals surface area contributed by atoms with Crippen molar-refractivity contribution in [3.63, 3.8) is 0 Å². The fraction of sp³-hybridized carbons (Fsp3) is 0.875. The lowest BCUT2D eigenvalue weighted by atomic mass is 9.89. The van der Waals surface area contributed by atoms with Gasteiger partial charge >= 0.3 is 0 Å². The smallest absolute Gasteiger partial charge is 0.155 e. The second-order valence-electron chi connectivity index (χ2n) is 3.31. The molecule has 1 aliphatic rings. The number of hydrogen-bond acceptors (Lipinski definition) is 3. The molecule has 0 bridgehead atoms. The maximum atomic E-state index is 9.58. The summed E-state index contributed by atoms with van der Waals surface area (Å²) in [6, 6.07) is 1.92. The Morgan fingerprint density at radius 3 is 2.27 bits per heavy atom. The summed E-state index contributed by atoms with van der Waals surface area (Å²) in [4.78, 5) is 0. The number of rotatable bonds is 0. The predicted molar refractivity (Wildman–Crippen MR) is 39.8 cm³/mol. The summed E-state index contributed by atoms with van der Waals surface area (Å²) < 4.78 is 5.37. The molecule has 0 amide bonds. The maximum absolute atomic E-state index is 9.58. The van der Waals surface area contributed by atoms with Gasteiger partial charge in [0.2, 0.25) is 0 Å². The summed E-state index contributed by atoms with van der Waals surface area (Å²) >= 11 is 0. The van der Waals surface area contributed by atoms with Crippen LogP contribution in [0.3, 0.4) is 0 Å². The van der Waals surface area contributed by atoms with E-state index in [2.05, 4.69) is 0 Å². The van der Waals surface area contributed by atoms with Gasteiger partial charge in [-0.05, 0) is 13.8 Å². The molecule has 0 aromatic heterocycles. The third kappa shape index (κ3) is 1.92. The van der Waals surface area contributed by atoms with E-state index in [-0.39, 0.29) is 12.2 Å². The molecule has 1 heterocycles. The van der Waals surface area contributed by atoms with E-state index >= 15 is 0 Å². The molecule has 1 N–H and O–H groups in total. The first kappa shape index (κ1) is 8.51. The minimum absolute atomic E-state index is 0.0107. The van der Waals surface area contributed by atoms with Crippen LogP contribution in [0.5, 0.6) is 0 Å². The first-order chi connectivity index (χ1) is 5.06. The highest BCUT2D eigenvalue weighted by Crippen LogP contribution is 2.27. The Morgan fingerprint density at radius 2 is 1.91 bits per heavy atom. The third-order valence-electron chi connectivity index (χ3n) is 1.92. The zero-order chi connectivity index (χ0) is 8.48. The van der Waals surface area contributed by atoms with Crippen molar-refractivity contribution in [3.8, 4) is 6.07 Å². The summed E-state index contributed by atoms with van der Waals surface area (Å²) in [5, 5.41) is 18.2. The molecule has 0 saturated carbocycles. The highest BCUT2D eigenvalue weighted by molar-refractivity contribution is 5.04. The Bertz CT molecular complexity index is 175. The molecule has 62 valence electrons. The number of nitriles is 1. The van der Waals surface area contributed by atoms with E-state index in [4.69, 9.17) is 10.00 Å². The SMILES string of the molecule is CC1CC(O)(C#N)CC(C)O1. The summed E-state index contributed by atoms with van der Waals surface area (Å²) in [6.07, 6.45) is 0.827. The quantitative estimate of drug-likeness (QED) is 0.527. The van der Waals surface area contributed by atoms with Crippen LogP contribution in [0.15, 0.2) is 0 Å². The summed E-state index contributed by atoms with van der Waals surface area (Å²) in [7, 11) is 0. The minimum Gasteiger partial charge on any atom is -0.375 e. The standard InChI is InChI=1S/C8H13NO2/c1-6-3-8(10,5-9)4-7(2)11-6/h6-7,10H,3-4H2,1-2H3. The van der Waals surface area contributed by atoms with E-state index in [1.54, 1.807) is 0 Å². The first-order valence-electron chi connectivity index (χ1n) is 3.85. The molecule has 0 aromatic carbocycles. The van der Waals surface area contributed by atoms with Crippen LogP contribution in [0.25, 0.3) is 0 Å². The van der Waals surface area contributed by atoms with Gasteiger partial charge in [-0.1, -0.05) is 0 Å². The Labute approximate surface area is 66.6 Å². The fourth-order valence-corrected chi connectivity index (χ4v) is 1.62. The summed E-state index contributed by atoms with van der Waals surface area (Å²) in [6.45, 7) is 3.75. The number of ether oxygens (including phenoxy) is 1. The predicted octanol–water partition coefficient (Wildman–Crippen LogP) is 0.828. The van der Waals surface area contributed by atoms with Gasteiger partial charge in [0.1, 0.15) is 0 Å². The van der Waals surface area contributed by atoms with Crippen LogP contribution in [0, 0.1) is 11.3 Å². The van der Waals surface area contributed by atoms with Crippen molar-refractivity contribution in [2.24, 2.45) is 0 Å². The van der Waals surface area contributed by atoms with Crippen molar-refractivity contribution in [1.82, 2.24) is 0 Å². The number of aliphatic hydroxyl groups is 1. The largest absolute Gasteiger partial charge is 0.375 e. The molecule has 2 unspecified atom stereocenters. The van der Waals surface area contributed by atoms with Crippen LogP contribution >= 0.6 is 0 Å². The summed E-state index contributed by atoms with van der Waals surface area (Å²) in [5.74, 6) is 0. The molecule has 11 heavy (non-hydrogen) atoms. The molecule has 0 spiro atoms. The monoisotopic (exact) mass is 155 g/mol. The van der Waals surface area contributed by atoms with Crippen LogP contribution in [0.4, 0.5) is 0 Å². The van der Waals surface area contributed by atoms with Crippen LogP contribution in [0.1, 0.15) is 26.7 Å². The molecule has 3 heteroatoms. The number of hydrogen-bond donors (Lipinski definition) is 1. The molecular weight excluding hydrogens is 142 g/mol. The molecule has 1 saturated heterocycles. The highest BCUT2D eigenvalue weighted by atomic mass is 16.5. The Balaban J connectivity index is 2.64. The van der Waals surface area contributed by atoms with Crippen LogP contribution in [0.2, 0.25) is 0 Å². The van der Waals surface area contributed by atoms with E-state index in [0.717, 1.165) is 0 Å².